The van der Waals surface area contributed by atoms with Crippen molar-refractivity contribution in [2.75, 3.05) is 13.1 Å². The van der Waals surface area contributed by atoms with Crippen molar-refractivity contribution in [1.82, 2.24) is 20.4 Å². The number of hydrogen-bond donors (Lipinski definition) is 2. The Kier molecular flexibility index (Phi) is 9.49. The van der Waals surface area contributed by atoms with Gasteiger partial charge < -0.3 is 10.6 Å². The fourth-order valence-corrected chi connectivity index (χ4v) is 3.63. The van der Waals surface area contributed by atoms with E-state index in [1.807, 2.05) is 16.9 Å². The van der Waals surface area contributed by atoms with Gasteiger partial charge in [-0.05, 0) is 35.6 Å². The first-order chi connectivity index (χ1) is 13.2. The smallest absolute Gasteiger partial charge is 0.191 e. The van der Waals surface area contributed by atoms with E-state index in [0.717, 1.165) is 25.6 Å². The first kappa shape index (κ1) is 22.4. The third-order valence-electron chi connectivity index (χ3n) is 4.26. The van der Waals surface area contributed by atoms with E-state index in [0.29, 0.717) is 12.5 Å². The highest BCUT2D eigenvalue weighted by atomic mass is 127. The van der Waals surface area contributed by atoms with Crippen LogP contribution >= 0.6 is 35.3 Å². The van der Waals surface area contributed by atoms with Gasteiger partial charge in [0.2, 0.25) is 0 Å². The molecule has 1 unspecified atom stereocenters. The zero-order chi connectivity index (χ0) is 18.9. The highest BCUT2D eigenvalue weighted by Crippen LogP contribution is 2.19. The summed E-state index contributed by atoms with van der Waals surface area (Å²) in [5.41, 5.74) is 2.43. The molecule has 2 heterocycles. The highest BCUT2D eigenvalue weighted by Gasteiger charge is 2.07. The number of guanidine groups is 1. The molecule has 0 amide bonds. The lowest BCUT2D eigenvalue weighted by Crippen LogP contribution is -2.39. The van der Waals surface area contributed by atoms with Crippen molar-refractivity contribution in [3.8, 4) is 0 Å². The van der Waals surface area contributed by atoms with E-state index in [9.17, 15) is 0 Å². The van der Waals surface area contributed by atoms with Crippen LogP contribution in [0, 0.1) is 0 Å². The molecule has 0 saturated heterocycles. The summed E-state index contributed by atoms with van der Waals surface area (Å²) in [5.74, 6) is 1.32. The van der Waals surface area contributed by atoms with Crippen LogP contribution in [0.15, 0.2) is 65.2 Å². The fraction of sp³-hybridized carbons (Fsp3) is 0.333. The van der Waals surface area contributed by atoms with E-state index < -0.39 is 0 Å². The maximum Gasteiger partial charge on any atom is 0.191 e. The Bertz CT molecular complexity index is 830. The predicted molar refractivity (Wildman–Crippen MR) is 129 cm³/mol. The van der Waals surface area contributed by atoms with Crippen LogP contribution in [0.4, 0.5) is 0 Å². The van der Waals surface area contributed by atoms with Crippen molar-refractivity contribution >= 4 is 41.3 Å². The molecule has 1 atom stereocenters. The Morgan fingerprint density at radius 3 is 2.75 bits per heavy atom. The molecule has 0 bridgehead atoms. The SMILES string of the molecule is CCNC(=NCc1cccc(Cn2cccn2)c1)NCC(C)c1cccs1.I. The maximum atomic E-state index is 4.75. The van der Waals surface area contributed by atoms with Crippen molar-refractivity contribution in [3.05, 3.63) is 76.2 Å². The summed E-state index contributed by atoms with van der Waals surface area (Å²) >= 11 is 1.80. The molecule has 28 heavy (non-hydrogen) atoms. The summed E-state index contributed by atoms with van der Waals surface area (Å²) in [4.78, 5) is 6.14. The Hall–Kier alpha value is -1.87. The van der Waals surface area contributed by atoms with Gasteiger partial charge >= 0.3 is 0 Å². The van der Waals surface area contributed by atoms with E-state index in [-0.39, 0.29) is 24.0 Å². The first-order valence-electron chi connectivity index (χ1n) is 9.35. The summed E-state index contributed by atoms with van der Waals surface area (Å²) in [7, 11) is 0. The fourth-order valence-electron chi connectivity index (χ4n) is 2.84. The third kappa shape index (κ3) is 6.94. The minimum absolute atomic E-state index is 0. The van der Waals surface area contributed by atoms with Gasteiger partial charge in [-0.3, -0.25) is 4.68 Å². The van der Waals surface area contributed by atoms with Crippen LogP contribution in [0.25, 0.3) is 0 Å². The molecule has 3 aromatic rings. The molecule has 0 fully saturated rings. The molecule has 150 valence electrons. The molecule has 5 nitrogen and oxygen atoms in total. The van der Waals surface area contributed by atoms with Gasteiger partial charge in [0.25, 0.3) is 0 Å². The van der Waals surface area contributed by atoms with E-state index in [4.69, 9.17) is 4.99 Å². The van der Waals surface area contributed by atoms with Crippen LogP contribution in [0.5, 0.6) is 0 Å². The van der Waals surface area contributed by atoms with Gasteiger partial charge in [0.15, 0.2) is 5.96 Å². The Labute approximate surface area is 188 Å². The molecule has 3 rings (SSSR count). The van der Waals surface area contributed by atoms with Gasteiger partial charge in [-0.2, -0.15) is 5.10 Å². The summed E-state index contributed by atoms with van der Waals surface area (Å²) < 4.78 is 1.93. The van der Waals surface area contributed by atoms with Gasteiger partial charge in [-0.25, -0.2) is 4.99 Å². The molecule has 0 aliphatic carbocycles. The average molecular weight is 509 g/mol. The number of rotatable bonds is 8. The Morgan fingerprint density at radius 2 is 2.04 bits per heavy atom. The van der Waals surface area contributed by atoms with Crippen LogP contribution in [0.3, 0.4) is 0 Å². The zero-order valence-corrected chi connectivity index (χ0v) is 19.5. The molecular formula is C21H28IN5S. The number of nitrogens with zero attached hydrogens (tertiary/aromatic N) is 3. The van der Waals surface area contributed by atoms with Crippen LogP contribution in [-0.4, -0.2) is 28.8 Å². The number of thiophene rings is 1. The Balaban J connectivity index is 0.00000280. The molecule has 0 radical (unpaired) electrons. The summed E-state index contributed by atoms with van der Waals surface area (Å²) in [6.07, 6.45) is 3.78. The third-order valence-corrected chi connectivity index (χ3v) is 5.37. The van der Waals surface area contributed by atoms with Gasteiger partial charge in [0, 0.05) is 36.3 Å². The average Bonchev–Trinajstić information content (AvgIpc) is 3.38. The van der Waals surface area contributed by atoms with Gasteiger partial charge in [0.1, 0.15) is 0 Å². The normalized spacial score (nSPS) is 12.3. The largest absolute Gasteiger partial charge is 0.357 e. The van der Waals surface area contributed by atoms with Gasteiger partial charge in [-0.1, -0.05) is 37.3 Å². The molecule has 1 aromatic carbocycles. The number of benzene rings is 1. The van der Waals surface area contributed by atoms with Crippen LogP contribution in [0.2, 0.25) is 0 Å². The lowest BCUT2D eigenvalue weighted by Gasteiger charge is -2.15. The second-order valence-corrected chi connectivity index (χ2v) is 7.50. The van der Waals surface area contributed by atoms with Crippen molar-refractivity contribution < 1.29 is 0 Å². The summed E-state index contributed by atoms with van der Waals surface area (Å²) in [6, 6.07) is 14.8. The van der Waals surface area contributed by atoms with Crippen LogP contribution in [0.1, 0.15) is 35.8 Å². The predicted octanol–water partition coefficient (Wildman–Crippen LogP) is 4.47. The van der Waals surface area contributed by atoms with Crippen molar-refractivity contribution in [1.29, 1.82) is 0 Å². The molecule has 7 heteroatoms. The van der Waals surface area contributed by atoms with E-state index in [2.05, 4.69) is 71.4 Å². The summed E-state index contributed by atoms with van der Waals surface area (Å²) in [5, 5.41) is 13.2. The number of aromatic nitrogens is 2. The lowest BCUT2D eigenvalue weighted by molar-refractivity contribution is 0.686. The quantitative estimate of drug-likeness (QED) is 0.268. The molecule has 0 aliphatic heterocycles. The van der Waals surface area contributed by atoms with E-state index >= 15 is 0 Å². The van der Waals surface area contributed by atoms with Crippen LogP contribution in [-0.2, 0) is 13.1 Å². The van der Waals surface area contributed by atoms with Crippen molar-refractivity contribution in [3.63, 3.8) is 0 Å². The minimum atomic E-state index is 0. The van der Waals surface area contributed by atoms with E-state index in [1.165, 1.54) is 16.0 Å². The molecular weight excluding hydrogens is 481 g/mol. The molecule has 0 saturated carbocycles. The molecule has 2 N–H and O–H groups in total. The van der Waals surface area contributed by atoms with Gasteiger partial charge in [0.05, 0.1) is 13.1 Å². The standard InChI is InChI=1S/C21H27N5S.HI/c1-3-22-21(23-14-17(2)20-9-5-12-27-20)24-15-18-7-4-8-19(13-18)16-26-11-6-10-25-26;/h4-13,17H,3,14-16H2,1-2H3,(H2,22,23,24);1H. The van der Waals surface area contributed by atoms with E-state index in [1.54, 1.807) is 17.5 Å². The molecule has 0 spiro atoms. The zero-order valence-electron chi connectivity index (χ0n) is 16.3. The maximum absolute atomic E-state index is 4.75. The summed E-state index contributed by atoms with van der Waals surface area (Å²) in [6.45, 7) is 7.47. The lowest BCUT2D eigenvalue weighted by atomic mass is 10.1. The van der Waals surface area contributed by atoms with Crippen molar-refractivity contribution in [2.24, 2.45) is 4.99 Å². The monoisotopic (exact) mass is 509 g/mol. The molecule has 2 aromatic heterocycles. The Morgan fingerprint density at radius 1 is 1.18 bits per heavy atom. The highest BCUT2D eigenvalue weighted by molar-refractivity contribution is 14.0. The number of nitrogens with one attached hydrogen (secondary N) is 2. The second kappa shape index (κ2) is 11.9. The van der Waals surface area contributed by atoms with Crippen LogP contribution < -0.4 is 10.6 Å². The van der Waals surface area contributed by atoms with Crippen molar-refractivity contribution in [2.45, 2.75) is 32.9 Å². The second-order valence-electron chi connectivity index (χ2n) is 6.52. The molecule has 0 aliphatic rings. The van der Waals surface area contributed by atoms with Gasteiger partial charge in [-0.15, -0.1) is 35.3 Å². The number of aliphatic imine (C=N–C) groups is 1. The number of halogens is 1. The number of hydrogen-bond acceptors (Lipinski definition) is 3. The minimum Gasteiger partial charge on any atom is -0.357 e. The first-order valence-corrected chi connectivity index (χ1v) is 10.2. The topological polar surface area (TPSA) is 54.2 Å².